The molecular weight excluding hydrogens is 220 g/mol. The van der Waals surface area contributed by atoms with Crippen molar-refractivity contribution in [2.24, 2.45) is 0 Å². The van der Waals surface area contributed by atoms with Crippen LogP contribution in [0.5, 0.6) is 11.5 Å². The molecule has 3 N–H and O–H groups in total. The van der Waals surface area contributed by atoms with Crippen LogP contribution in [0.4, 0.5) is 17.3 Å². The van der Waals surface area contributed by atoms with E-state index in [9.17, 15) is 0 Å². The SMILES string of the molecule is Nc1cnc(Nc2ccc3c(c2)OCO3)nc1. The average Bonchev–Trinajstić information content (AvgIpc) is 2.79. The summed E-state index contributed by atoms with van der Waals surface area (Å²) in [5.74, 6) is 1.94. The first kappa shape index (κ1) is 9.71. The molecule has 0 saturated carbocycles. The van der Waals surface area contributed by atoms with Gasteiger partial charge >= 0.3 is 0 Å². The highest BCUT2D eigenvalue weighted by atomic mass is 16.7. The first-order valence-corrected chi connectivity index (χ1v) is 5.05. The van der Waals surface area contributed by atoms with E-state index in [1.165, 1.54) is 0 Å². The maximum Gasteiger partial charge on any atom is 0.231 e. The molecule has 0 atom stereocenters. The first-order valence-electron chi connectivity index (χ1n) is 5.05. The molecule has 1 aromatic carbocycles. The molecule has 1 aliphatic rings. The molecule has 1 aliphatic heterocycles. The molecule has 0 radical (unpaired) electrons. The van der Waals surface area contributed by atoms with Gasteiger partial charge in [-0.15, -0.1) is 0 Å². The Morgan fingerprint density at radius 2 is 1.88 bits per heavy atom. The van der Waals surface area contributed by atoms with Gasteiger partial charge in [-0.1, -0.05) is 0 Å². The van der Waals surface area contributed by atoms with Crippen molar-refractivity contribution in [3.05, 3.63) is 30.6 Å². The molecule has 2 aromatic rings. The highest BCUT2D eigenvalue weighted by Crippen LogP contribution is 2.34. The summed E-state index contributed by atoms with van der Waals surface area (Å²) < 4.78 is 10.5. The van der Waals surface area contributed by atoms with Crippen LogP contribution in [-0.2, 0) is 0 Å². The molecule has 2 heterocycles. The van der Waals surface area contributed by atoms with Gasteiger partial charge in [0.15, 0.2) is 11.5 Å². The molecule has 0 aliphatic carbocycles. The number of nitrogens with one attached hydrogen (secondary N) is 1. The lowest BCUT2D eigenvalue weighted by Gasteiger charge is -2.05. The Morgan fingerprint density at radius 3 is 2.71 bits per heavy atom. The third-order valence-electron chi connectivity index (χ3n) is 2.30. The number of aromatic nitrogens is 2. The Bertz CT molecular complexity index is 542. The Kier molecular flexibility index (Phi) is 2.18. The standard InChI is InChI=1S/C11H10N4O2/c12-7-4-13-11(14-5-7)15-8-1-2-9-10(3-8)17-6-16-9/h1-5H,6,12H2,(H,13,14,15). The summed E-state index contributed by atoms with van der Waals surface area (Å²) in [7, 11) is 0. The molecule has 0 amide bonds. The predicted octanol–water partition coefficient (Wildman–Crippen LogP) is 1.53. The van der Waals surface area contributed by atoms with E-state index in [4.69, 9.17) is 15.2 Å². The fraction of sp³-hybridized carbons (Fsp3) is 0.0909. The summed E-state index contributed by atoms with van der Waals surface area (Å²) in [6, 6.07) is 5.54. The van der Waals surface area contributed by atoms with Gasteiger partial charge in [-0.3, -0.25) is 0 Å². The van der Waals surface area contributed by atoms with Crippen LogP contribution in [0.1, 0.15) is 0 Å². The smallest absolute Gasteiger partial charge is 0.231 e. The van der Waals surface area contributed by atoms with Crippen molar-refractivity contribution in [2.45, 2.75) is 0 Å². The topological polar surface area (TPSA) is 82.3 Å². The Labute approximate surface area is 97.4 Å². The highest BCUT2D eigenvalue weighted by molar-refractivity contribution is 5.60. The Balaban J connectivity index is 1.83. The second-order valence-electron chi connectivity index (χ2n) is 3.53. The number of hydrogen-bond donors (Lipinski definition) is 2. The van der Waals surface area contributed by atoms with Crippen molar-refractivity contribution >= 4 is 17.3 Å². The van der Waals surface area contributed by atoms with Crippen molar-refractivity contribution in [3.8, 4) is 11.5 Å². The summed E-state index contributed by atoms with van der Waals surface area (Å²) in [4.78, 5) is 8.10. The second-order valence-corrected chi connectivity index (χ2v) is 3.53. The number of benzene rings is 1. The molecule has 3 rings (SSSR count). The monoisotopic (exact) mass is 230 g/mol. The van der Waals surface area contributed by atoms with E-state index < -0.39 is 0 Å². The number of hydrogen-bond acceptors (Lipinski definition) is 6. The zero-order chi connectivity index (χ0) is 11.7. The zero-order valence-electron chi connectivity index (χ0n) is 8.88. The van der Waals surface area contributed by atoms with Crippen molar-refractivity contribution in [3.63, 3.8) is 0 Å². The van der Waals surface area contributed by atoms with Crippen LogP contribution in [0.3, 0.4) is 0 Å². The molecule has 0 bridgehead atoms. The van der Waals surface area contributed by atoms with E-state index in [2.05, 4.69) is 15.3 Å². The van der Waals surface area contributed by atoms with E-state index in [1.807, 2.05) is 18.2 Å². The number of rotatable bonds is 2. The van der Waals surface area contributed by atoms with E-state index in [0.717, 1.165) is 11.4 Å². The van der Waals surface area contributed by atoms with Crippen LogP contribution in [0.25, 0.3) is 0 Å². The van der Waals surface area contributed by atoms with Crippen LogP contribution >= 0.6 is 0 Å². The molecular formula is C11H10N4O2. The minimum Gasteiger partial charge on any atom is -0.454 e. The van der Waals surface area contributed by atoms with Gasteiger partial charge in [-0.05, 0) is 12.1 Å². The van der Waals surface area contributed by atoms with Gasteiger partial charge in [0.1, 0.15) is 0 Å². The van der Waals surface area contributed by atoms with Crippen LogP contribution in [0.2, 0.25) is 0 Å². The predicted molar refractivity (Wildman–Crippen MR) is 62.3 cm³/mol. The molecule has 0 spiro atoms. The fourth-order valence-corrected chi connectivity index (χ4v) is 1.51. The van der Waals surface area contributed by atoms with Crippen LogP contribution < -0.4 is 20.5 Å². The molecule has 17 heavy (non-hydrogen) atoms. The molecule has 6 heteroatoms. The first-order chi connectivity index (χ1) is 8.31. The Hall–Kier alpha value is -2.50. The van der Waals surface area contributed by atoms with E-state index >= 15 is 0 Å². The number of anilines is 3. The number of nitrogen functional groups attached to an aromatic ring is 1. The molecule has 1 aromatic heterocycles. The van der Waals surface area contributed by atoms with E-state index in [0.29, 0.717) is 17.4 Å². The van der Waals surface area contributed by atoms with Crippen LogP contribution in [-0.4, -0.2) is 16.8 Å². The van der Waals surface area contributed by atoms with Crippen molar-refractivity contribution < 1.29 is 9.47 Å². The van der Waals surface area contributed by atoms with Gasteiger partial charge in [0.05, 0.1) is 18.1 Å². The van der Waals surface area contributed by atoms with Gasteiger partial charge in [-0.2, -0.15) is 0 Å². The molecule has 6 nitrogen and oxygen atoms in total. The largest absolute Gasteiger partial charge is 0.454 e. The lowest BCUT2D eigenvalue weighted by atomic mass is 10.3. The number of nitrogens with zero attached hydrogens (tertiary/aromatic N) is 2. The molecule has 0 saturated heterocycles. The molecule has 0 fully saturated rings. The Morgan fingerprint density at radius 1 is 1.12 bits per heavy atom. The fourth-order valence-electron chi connectivity index (χ4n) is 1.51. The van der Waals surface area contributed by atoms with Gasteiger partial charge in [0, 0.05) is 11.8 Å². The third kappa shape index (κ3) is 1.92. The van der Waals surface area contributed by atoms with Crippen molar-refractivity contribution in [1.82, 2.24) is 9.97 Å². The summed E-state index contributed by atoms with van der Waals surface area (Å²) >= 11 is 0. The minimum atomic E-state index is 0.261. The zero-order valence-corrected chi connectivity index (χ0v) is 8.88. The normalized spacial score (nSPS) is 12.5. The minimum absolute atomic E-state index is 0.261. The van der Waals surface area contributed by atoms with Gasteiger partial charge in [0.2, 0.25) is 12.7 Å². The van der Waals surface area contributed by atoms with Gasteiger partial charge < -0.3 is 20.5 Å². The van der Waals surface area contributed by atoms with Crippen LogP contribution in [0, 0.1) is 0 Å². The maximum absolute atomic E-state index is 5.50. The quantitative estimate of drug-likeness (QED) is 0.814. The summed E-state index contributed by atoms with van der Waals surface area (Å²) in [5.41, 5.74) is 6.87. The van der Waals surface area contributed by atoms with Crippen molar-refractivity contribution in [2.75, 3.05) is 17.8 Å². The van der Waals surface area contributed by atoms with Crippen molar-refractivity contribution in [1.29, 1.82) is 0 Å². The van der Waals surface area contributed by atoms with Crippen LogP contribution in [0.15, 0.2) is 30.6 Å². The second kappa shape index (κ2) is 3.82. The highest BCUT2D eigenvalue weighted by Gasteiger charge is 2.13. The summed E-state index contributed by atoms with van der Waals surface area (Å²) in [6.45, 7) is 0.261. The van der Waals surface area contributed by atoms with Gasteiger partial charge in [-0.25, -0.2) is 9.97 Å². The molecule has 0 unspecified atom stereocenters. The number of fused-ring (bicyclic) bond motifs is 1. The average molecular weight is 230 g/mol. The number of nitrogens with two attached hydrogens (primary N) is 1. The lowest BCUT2D eigenvalue weighted by molar-refractivity contribution is 0.174. The maximum atomic E-state index is 5.50. The summed E-state index contributed by atoms with van der Waals surface area (Å²) in [6.07, 6.45) is 3.09. The van der Waals surface area contributed by atoms with E-state index in [1.54, 1.807) is 12.4 Å². The van der Waals surface area contributed by atoms with Gasteiger partial charge in [0.25, 0.3) is 0 Å². The summed E-state index contributed by atoms with van der Waals surface area (Å²) in [5, 5.41) is 3.05. The van der Waals surface area contributed by atoms with E-state index in [-0.39, 0.29) is 6.79 Å². The lowest BCUT2D eigenvalue weighted by Crippen LogP contribution is -1.97. The molecule has 86 valence electrons. The number of ether oxygens (including phenoxy) is 2. The third-order valence-corrected chi connectivity index (χ3v) is 2.30.